The van der Waals surface area contributed by atoms with Gasteiger partial charge in [-0.3, -0.25) is 0 Å². The molecule has 0 unspecified atom stereocenters. The number of hydrogen-bond donors (Lipinski definition) is 1. The lowest BCUT2D eigenvalue weighted by atomic mass is 10.0. The number of hydrogen-bond acceptors (Lipinski definition) is 3. The molecule has 96 valence electrons. The summed E-state index contributed by atoms with van der Waals surface area (Å²) < 4.78 is 10.5. The van der Waals surface area contributed by atoms with E-state index in [4.69, 9.17) is 15.2 Å². The first kappa shape index (κ1) is 14.1. The van der Waals surface area contributed by atoms with E-state index in [9.17, 15) is 0 Å². The second-order valence-electron chi connectivity index (χ2n) is 4.39. The van der Waals surface area contributed by atoms with Gasteiger partial charge in [0.1, 0.15) is 11.5 Å². The summed E-state index contributed by atoms with van der Waals surface area (Å²) in [5.41, 5.74) is 7.26. The van der Waals surface area contributed by atoms with Crippen LogP contribution in [0.4, 0.5) is 0 Å². The van der Waals surface area contributed by atoms with Gasteiger partial charge in [0.25, 0.3) is 0 Å². The van der Waals surface area contributed by atoms with E-state index in [1.54, 1.807) is 14.2 Å². The maximum absolute atomic E-state index is 6.18. The minimum atomic E-state index is 0. The smallest absolute Gasteiger partial charge is 0.127 e. The number of nitrogens with two attached hydrogens (primary N) is 1. The number of rotatable bonds is 5. The van der Waals surface area contributed by atoms with Gasteiger partial charge in [0.15, 0.2) is 0 Å². The Hall–Kier alpha value is -0.930. The third-order valence-electron chi connectivity index (χ3n) is 3.12. The van der Waals surface area contributed by atoms with Crippen molar-refractivity contribution in [2.24, 2.45) is 11.7 Å². The molecule has 0 heterocycles. The van der Waals surface area contributed by atoms with Crippen LogP contribution in [0.25, 0.3) is 0 Å². The van der Waals surface area contributed by atoms with Crippen LogP contribution in [0.1, 0.15) is 30.9 Å². The van der Waals surface area contributed by atoms with E-state index in [0.717, 1.165) is 29.4 Å². The first-order valence-corrected chi connectivity index (χ1v) is 5.72. The average molecular weight is 258 g/mol. The van der Waals surface area contributed by atoms with Crippen LogP contribution in [0.2, 0.25) is 0 Å². The molecule has 2 N–H and O–H groups in total. The molecule has 1 saturated carbocycles. The highest BCUT2D eigenvalue weighted by atomic mass is 35.5. The molecule has 0 amide bonds. The summed E-state index contributed by atoms with van der Waals surface area (Å²) in [4.78, 5) is 0. The molecule has 1 aromatic carbocycles. The number of benzene rings is 1. The Bertz CT molecular complexity index is 366. The molecule has 0 aliphatic heterocycles. The fraction of sp³-hybridized carbons (Fsp3) is 0.538. The predicted octanol–water partition coefficient (Wildman–Crippen LogP) is 2.93. The van der Waals surface area contributed by atoms with Crippen LogP contribution >= 0.6 is 12.4 Å². The van der Waals surface area contributed by atoms with Gasteiger partial charge in [-0.25, -0.2) is 0 Å². The standard InChI is InChI=1S/C13H19NO2.ClH/c1-15-10-5-6-11(13(8-10)16-2)12(14)7-9-3-4-9;/h5-6,8-9,12H,3-4,7,14H2,1-2H3;1H/t12-;/m0./s1. The molecule has 4 heteroatoms. The summed E-state index contributed by atoms with van der Waals surface area (Å²) in [6.07, 6.45) is 3.71. The van der Waals surface area contributed by atoms with Gasteiger partial charge >= 0.3 is 0 Å². The highest BCUT2D eigenvalue weighted by Crippen LogP contribution is 2.39. The maximum Gasteiger partial charge on any atom is 0.127 e. The van der Waals surface area contributed by atoms with Crippen LogP contribution < -0.4 is 15.2 Å². The molecule has 0 spiro atoms. The summed E-state index contributed by atoms with van der Waals surface area (Å²) in [7, 11) is 3.32. The van der Waals surface area contributed by atoms with E-state index < -0.39 is 0 Å². The Labute approximate surface area is 109 Å². The van der Waals surface area contributed by atoms with Crippen molar-refractivity contribution in [3.8, 4) is 11.5 Å². The summed E-state index contributed by atoms with van der Waals surface area (Å²) in [5.74, 6) is 2.45. The van der Waals surface area contributed by atoms with E-state index in [-0.39, 0.29) is 18.4 Å². The van der Waals surface area contributed by atoms with Gasteiger partial charge in [0.05, 0.1) is 14.2 Å². The third kappa shape index (κ3) is 3.51. The highest BCUT2D eigenvalue weighted by Gasteiger charge is 2.25. The van der Waals surface area contributed by atoms with Crippen molar-refractivity contribution in [1.29, 1.82) is 0 Å². The second kappa shape index (κ2) is 6.12. The average Bonchev–Trinajstić information content (AvgIpc) is 3.11. The van der Waals surface area contributed by atoms with E-state index in [0.29, 0.717) is 0 Å². The van der Waals surface area contributed by atoms with Crippen LogP contribution in [0.15, 0.2) is 18.2 Å². The maximum atomic E-state index is 6.18. The molecular weight excluding hydrogens is 238 g/mol. The Morgan fingerprint density at radius 2 is 2.00 bits per heavy atom. The van der Waals surface area contributed by atoms with Gasteiger partial charge in [0, 0.05) is 17.7 Å². The minimum absolute atomic E-state index is 0. The fourth-order valence-corrected chi connectivity index (χ4v) is 1.96. The molecule has 1 aliphatic rings. The van der Waals surface area contributed by atoms with Gasteiger partial charge in [-0.05, 0) is 18.4 Å². The molecule has 0 aromatic heterocycles. The zero-order valence-electron chi connectivity index (χ0n) is 10.3. The van der Waals surface area contributed by atoms with Crippen molar-refractivity contribution in [2.75, 3.05) is 14.2 Å². The molecule has 1 fully saturated rings. The predicted molar refractivity (Wildman–Crippen MR) is 71.1 cm³/mol. The van der Waals surface area contributed by atoms with E-state index in [1.165, 1.54) is 12.8 Å². The Morgan fingerprint density at radius 1 is 1.29 bits per heavy atom. The van der Waals surface area contributed by atoms with Crippen LogP contribution in [-0.4, -0.2) is 14.2 Å². The fourth-order valence-electron chi connectivity index (χ4n) is 1.96. The van der Waals surface area contributed by atoms with Crippen molar-refractivity contribution >= 4 is 12.4 Å². The molecule has 2 rings (SSSR count). The molecule has 0 bridgehead atoms. The van der Waals surface area contributed by atoms with Crippen LogP contribution in [0.3, 0.4) is 0 Å². The van der Waals surface area contributed by atoms with E-state index >= 15 is 0 Å². The second-order valence-corrected chi connectivity index (χ2v) is 4.39. The monoisotopic (exact) mass is 257 g/mol. The minimum Gasteiger partial charge on any atom is -0.497 e. The summed E-state index contributed by atoms with van der Waals surface area (Å²) >= 11 is 0. The van der Waals surface area contributed by atoms with Crippen molar-refractivity contribution in [3.63, 3.8) is 0 Å². The zero-order valence-corrected chi connectivity index (χ0v) is 11.1. The normalized spacial score (nSPS) is 15.9. The van der Waals surface area contributed by atoms with Gasteiger partial charge < -0.3 is 15.2 Å². The van der Waals surface area contributed by atoms with Crippen LogP contribution in [0, 0.1) is 5.92 Å². The molecular formula is C13H20ClNO2. The summed E-state index contributed by atoms with van der Waals surface area (Å²) in [6, 6.07) is 5.91. The van der Waals surface area contributed by atoms with Crippen molar-refractivity contribution in [1.82, 2.24) is 0 Å². The Balaban J connectivity index is 0.00000144. The molecule has 3 nitrogen and oxygen atoms in total. The lowest BCUT2D eigenvalue weighted by Gasteiger charge is -2.16. The first-order valence-electron chi connectivity index (χ1n) is 5.72. The molecule has 0 saturated heterocycles. The molecule has 17 heavy (non-hydrogen) atoms. The molecule has 0 radical (unpaired) electrons. The SMILES string of the molecule is COc1ccc([C@@H](N)CC2CC2)c(OC)c1.Cl. The molecule has 1 aliphatic carbocycles. The number of ether oxygens (including phenoxy) is 2. The third-order valence-corrected chi connectivity index (χ3v) is 3.12. The van der Waals surface area contributed by atoms with Crippen molar-refractivity contribution < 1.29 is 9.47 Å². The first-order chi connectivity index (χ1) is 7.74. The van der Waals surface area contributed by atoms with Crippen molar-refractivity contribution in [2.45, 2.75) is 25.3 Å². The van der Waals surface area contributed by atoms with Gasteiger partial charge in [-0.15, -0.1) is 12.4 Å². The highest BCUT2D eigenvalue weighted by molar-refractivity contribution is 5.85. The van der Waals surface area contributed by atoms with Gasteiger partial charge in [-0.2, -0.15) is 0 Å². The number of halogens is 1. The molecule has 1 atom stereocenters. The van der Waals surface area contributed by atoms with Crippen LogP contribution in [0.5, 0.6) is 11.5 Å². The number of methoxy groups -OCH3 is 2. The van der Waals surface area contributed by atoms with Crippen LogP contribution in [-0.2, 0) is 0 Å². The summed E-state index contributed by atoms with van der Waals surface area (Å²) in [5, 5.41) is 0. The topological polar surface area (TPSA) is 44.5 Å². The lowest BCUT2D eigenvalue weighted by molar-refractivity contribution is 0.386. The van der Waals surface area contributed by atoms with Crippen molar-refractivity contribution in [3.05, 3.63) is 23.8 Å². The van der Waals surface area contributed by atoms with E-state index in [2.05, 4.69) is 0 Å². The Morgan fingerprint density at radius 3 is 2.53 bits per heavy atom. The summed E-state index contributed by atoms with van der Waals surface area (Å²) in [6.45, 7) is 0. The largest absolute Gasteiger partial charge is 0.497 e. The quantitative estimate of drug-likeness (QED) is 0.882. The van der Waals surface area contributed by atoms with Gasteiger partial charge in [-0.1, -0.05) is 18.9 Å². The Kier molecular flexibility index (Phi) is 5.09. The molecule has 1 aromatic rings. The van der Waals surface area contributed by atoms with E-state index in [1.807, 2.05) is 18.2 Å². The van der Waals surface area contributed by atoms with Gasteiger partial charge in [0.2, 0.25) is 0 Å². The zero-order chi connectivity index (χ0) is 11.5. The lowest BCUT2D eigenvalue weighted by Crippen LogP contribution is -2.12.